The van der Waals surface area contributed by atoms with Gasteiger partial charge in [-0.1, -0.05) is 0 Å². The third-order valence-electron chi connectivity index (χ3n) is 1.66. The van der Waals surface area contributed by atoms with Crippen LogP contribution in [0.2, 0.25) is 0 Å². The number of alkyl halides is 1. The quantitative estimate of drug-likeness (QED) is 0.828. The number of carboxylic acids is 1. The number of hydrogen-bond acceptors (Lipinski definition) is 3. The summed E-state index contributed by atoms with van der Waals surface area (Å²) in [5, 5.41) is 7.79. The molecule has 82 valence electrons. The third kappa shape index (κ3) is 2.45. The molecular formula is C8H6ClFO4S. The van der Waals surface area contributed by atoms with Gasteiger partial charge in [0.2, 0.25) is 0 Å². The average Bonchev–Trinajstić information content (AvgIpc) is 2.17. The largest absolute Gasteiger partial charge is 0.478 e. The minimum atomic E-state index is -3.96. The van der Waals surface area contributed by atoms with Gasteiger partial charge in [0.05, 0.1) is 5.56 Å². The zero-order valence-corrected chi connectivity index (χ0v) is 8.85. The van der Waals surface area contributed by atoms with Gasteiger partial charge in [0, 0.05) is 0 Å². The van der Waals surface area contributed by atoms with Gasteiger partial charge in [0.25, 0.3) is 0 Å². The molecule has 0 spiro atoms. The molecule has 7 heteroatoms. The Bertz CT molecular complexity index is 497. The van der Waals surface area contributed by atoms with Crippen molar-refractivity contribution in [3.63, 3.8) is 0 Å². The average molecular weight is 253 g/mol. The molecule has 0 aliphatic heterocycles. The number of aromatic carboxylic acids is 1. The number of carbonyl (C=O) groups is 1. The first-order chi connectivity index (χ1) is 6.88. The summed E-state index contributed by atoms with van der Waals surface area (Å²) in [6, 6.07) is 2.50. The van der Waals surface area contributed by atoms with Crippen molar-refractivity contribution in [3.05, 3.63) is 29.6 Å². The Labute approximate surface area is 90.2 Å². The highest BCUT2D eigenvalue weighted by Gasteiger charge is 2.19. The van der Waals surface area contributed by atoms with Crippen LogP contribution in [0.4, 0.5) is 4.39 Å². The van der Waals surface area contributed by atoms with Crippen LogP contribution in [0, 0.1) is 5.82 Å². The first-order valence-electron chi connectivity index (χ1n) is 3.70. The highest BCUT2D eigenvalue weighted by Crippen LogP contribution is 2.18. The van der Waals surface area contributed by atoms with E-state index >= 15 is 0 Å². The second kappa shape index (κ2) is 4.16. The zero-order chi connectivity index (χ0) is 11.6. The molecule has 1 rings (SSSR count). The third-order valence-corrected chi connectivity index (χ3v) is 3.79. The Balaban J connectivity index is 3.42. The van der Waals surface area contributed by atoms with Crippen LogP contribution >= 0.6 is 11.6 Å². The van der Waals surface area contributed by atoms with Crippen molar-refractivity contribution in [2.45, 2.75) is 4.90 Å². The Morgan fingerprint density at radius 1 is 1.47 bits per heavy atom. The molecule has 0 aliphatic carbocycles. The van der Waals surface area contributed by atoms with Crippen molar-refractivity contribution >= 4 is 27.4 Å². The molecule has 1 aromatic rings. The molecule has 0 atom stereocenters. The summed E-state index contributed by atoms with van der Waals surface area (Å²) in [4.78, 5) is 9.83. The van der Waals surface area contributed by atoms with E-state index in [0.717, 1.165) is 18.2 Å². The normalized spacial score (nSPS) is 11.3. The van der Waals surface area contributed by atoms with E-state index in [2.05, 4.69) is 0 Å². The fraction of sp³-hybridized carbons (Fsp3) is 0.125. The molecule has 1 aromatic carbocycles. The first-order valence-corrected chi connectivity index (χ1v) is 5.88. The van der Waals surface area contributed by atoms with E-state index in [4.69, 9.17) is 16.7 Å². The van der Waals surface area contributed by atoms with Gasteiger partial charge in [-0.2, -0.15) is 0 Å². The van der Waals surface area contributed by atoms with Crippen molar-refractivity contribution < 1.29 is 22.7 Å². The highest BCUT2D eigenvalue weighted by molar-refractivity contribution is 7.92. The molecule has 0 saturated carbocycles. The van der Waals surface area contributed by atoms with Crippen LogP contribution in [-0.4, -0.2) is 24.7 Å². The number of carboxylic acid groups (broad SMARTS) is 1. The summed E-state index contributed by atoms with van der Waals surface area (Å²) in [7, 11) is -3.96. The van der Waals surface area contributed by atoms with Crippen LogP contribution in [0.1, 0.15) is 10.4 Å². The van der Waals surface area contributed by atoms with Gasteiger partial charge in [-0.3, -0.25) is 0 Å². The van der Waals surface area contributed by atoms with E-state index in [0.29, 0.717) is 0 Å². The van der Waals surface area contributed by atoms with E-state index in [1.54, 1.807) is 0 Å². The van der Waals surface area contributed by atoms with E-state index in [1.807, 2.05) is 0 Å². The molecule has 0 unspecified atom stereocenters. The molecular weight excluding hydrogens is 247 g/mol. The van der Waals surface area contributed by atoms with E-state index in [9.17, 15) is 17.6 Å². The smallest absolute Gasteiger partial charge is 0.335 e. The fourth-order valence-corrected chi connectivity index (χ4v) is 2.08. The molecule has 0 saturated heterocycles. The molecule has 0 amide bonds. The summed E-state index contributed by atoms with van der Waals surface area (Å²) in [5.41, 5.74) is -0.305. The minimum Gasteiger partial charge on any atom is -0.478 e. The SMILES string of the molecule is O=C(O)c1ccc(F)c(S(=O)(=O)CCl)c1. The topological polar surface area (TPSA) is 71.4 Å². The predicted molar refractivity (Wildman–Crippen MR) is 51.3 cm³/mol. The van der Waals surface area contributed by atoms with Gasteiger partial charge in [0.1, 0.15) is 15.9 Å². The number of hydrogen-bond donors (Lipinski definition) is 1. The van der Waals surface area contributed by atoms with Gasteiger partial charge in [0.15, 0.2) is 9.84 Å². The minimum absolute atomic E-state index is 0.305. The molecule has 0 aliphatic rings. The molecule has 4 nitrogen and oxygen atoms in total. The van der Waals surface area contributed by atoms with Crippen molar-refractivity contribution in [2.75, 3.05) is 5.21 Å². The molecule has 0 fully saturated rings. The van der Waals surface area contributed by atoms with E-state index in [1.165, 1.54) is 0 Å². The van der Waals surface area contributed by atoms with Crippen molar-refractivity contribution in [1.82, 2.24) is 0 Å². The van der Waals surface area contributed by atoms with Gasteiger partial charge in [-0.15, -0.1) is 11.6 Å². The Morgan fingerprint density at radius 3 is 2.53 bits per heavy atom. The maximum absolute atomic E-state index is 13.1. The van der Waals surface area contributed by atoms with Gasteiger partial charge in [-0.25, -0.2) is 17.6 Å². The lowest BCUT2D eigenvalue weighted by molar-refractivity contribution is 0.0696. The lowest BCUT2D eigenvalue weighted by Gasteiger charge is -2.03. The van der Waals surface area contributed by atoms with Crippen LogP contribution < -0.4 is 0 Å². The standard InChI is InChI=1S/C8H6ClFO4S/c9-4-15(13,14)7-3-5(8(11)12)1-2-6(7)10/h1-3H,4H2,(H,11,12). The van der Waals surface area contributed by atoms with Gasteiger partial charge in [-0.05, 0) is 18.2 Å². The molecule has 15 heavy (non-hydrogen) atoms. The lowest BCUT2D eigenvalue weighted by atomic mass is 10.2. The maximum Gasteiger partial charge on any atom is 0.335 e. The number of halogens is 2. The second-order valence-corrected chi connectivity index (χ2v) is 5.22. The first kappa shape index (κ1) is 11.9. The van der Waals surface area contributed by atoms with Crippen LogP contribution in [0.15, 0.2) is 23.1 Å². The molecule has 0 heterocycles. The molecule has 0 aromatic heterocycles. The summed E-state index contributed by atoms with van der Waals surface area (Å²) in [6.07, 6.45) is 0. The number of sulfone groups is 1. The summed E-state index contributed by atoms with van der Waals surface area (Å²) in [5.74, 6) is -2.35. The molecule has 0 bridgehead atoms. The Morgan fingerprint density at radius 2 is 2.07 bits per heavy atom. The number of rotatable bonds is 3. The fourth-order valence-electron chi connectivity index (χ4n) is 0.934. The van der Waals surface area contributed by atoms with Gasteiger partial charge < -0.3 is 5.11 Å². The van der Waals surface area contributed by atoms with Crippen molar-refractivity contribution in [2.24, 2.45) is 0 Å². The highest BCUT2D eigenvalue weighted by atomic mass is 35.5. The maximum atomic E-state index is 13.1. The lowest BCUT2D eigenvalue weighted by Crippen LogP contribution is -2.07. The predicted octanol–water partition coefficient (Wildman–Crippen LogP) is 1.49. The second-order valence-electron chi connectivity index (χ2n) is 2.67. The molecule has 1 N–H and O–H groups in total. The molecule has 0 radical (unpaired) electrons. The van der Waals surface area contributed by atoms with Crippen LogP contribution in [-0.2, 0) is 9.84 Å². The van der Waals surface area contributed by atoms with E-state index < -0.39 is 31.7 Å². The van der Waals surface area contributed by atoms with Crippen LogP contribution in [0.25, 0.3) is 0 Å². The van der Waals surface area contributed by atoms with Crippen molar-refractivity contribution in [3.8, 4) is 0 Å². The van der Waals surface area contributed by atoms with Gasteiger partial charge >= 0.3 is 5.97 Å². The monoisotopic (exact) mass is 252 g/mol. The van der Waals surface area contributed by atoms with Crippen LogP contribution in [0.3, 0.4) is 0 Å². The van der Waals surface area contributed by atoms with Crippen molar-refractivity contribution in [1.29, 1.82) is 0 Å². The zero-order valence-electron chi connectivity index (χ0n) is 7.28. The van der Waals surface area contributed by atoms with Crippen LogP contribution in [0.5, 0.6) is 0 Å². The summed E-state index contributed by atoms with van der Waals surface area (Å²) in [6.45, 7) is 0. The number of benzene rings is 1. The summed E-state index contributed by atoms with van der Waals surface area (Å²) >= 11 is 5.13. The van der Waals surface area contributed by atoms with E-state index in [-0.39, 0.29) is 5.56 Å². The Hall–Kier alpha value is -1.14. The summed E-state index contributed by atoms with van der Waals surface area (Å²) < 4.78 is 35.5. The Kier molecular flexibility index (Phi) is 3.31.